The molecule has 110 valence electrons. The quantitative estimate of drug-likeness (QED) is 0.731. The zero-order chi connectivity index (χ0) is 15.5. The first kappa shape index (κ1) is 16.7. The summed E-state index contributed by atoms with van der Waals surface area (Å²) in [5.41, 5.74) is -2.28. The van der Waals surface area contributed by atoms with E-state index in [1.807, 2.05) is 0 Å². The maximum atomic E-state index is 13.6. The first-order valence-electron chi connectivity index (χ1n) is 5.65. The number of carbonyl (C=O) groups excluding carboxylic acids is 1. The van der Waals surface area contributed by atoms with Gasteiger partial charge in [-0.1, -0.05) is 15.9 Å². The Morgan fingerprint density at radius 1 is 1.35 bits per heavy atom. The Morgan fingerprint density at radius 2 is 1.95 bits per heavy atom. The molecule has 1 rings (SSSR count). The van der Waals surface area contributed by atoms with Gasteiger partial charge in [-0.3, -0.25) is 0 Å². The number of alkyl halides is 2. The number of aliphatic imine (C=N–C) groups is 1. The molecule has 7 heteroatoms. The molecule has 0 aliphatic rings. The van der Waals surface area contributed by atoms with Gasteiger partial charge in [0, 0.05) is 10.0 Å². The van der Waals surface area contributed by atoms with Gasteiger partial charge >= 0.3 is 6.09 Å². The maximum absolute atomic E-state index is 13.6. The molecule has 0 spiro atoms. The summed E-state index contributed by atoms with van der Waals surface area (Å²) in [4.78, 5) is 14.6. The Bertz CT molecular complexity index is 539. The average molecular weight is 352 g/mol. The molecular formula is C13H13BrF3NO2. The smallest absolute Gasteiger partial charge is 0.434 e. The van der Waals surface area contributed by atoms with Crippen LogP contribution in [0.25, 0.3) is 0 Å². The number of nitrogens with zero attached hydrogens (tertiary/aromatic N) is 1. The van der Waals surface area contributed by atoms with Crippen molar-refractivity contribution < 1.29 is 22.7 Å². The highest BCUT2D eigenvalue weighted by Crippen LogP contribution is 2.20. The van der Waals surface area contributed by atoms with Crippen molar-refractivity contribution in [1.29, 1.82) is 0 Å². The molecule has 0 bridgehead atoms. The van der Waals surface area contributed by atoms with Crippen LogP contribution in [0.3, 0.4) is 0 Å². The van der Waals surface area contributed by atoms with Gasteiger partial charge in [0.2, 0.25) is 0 Å². The van der Waals surface area contributed by atoms with E-state index in [1.165, 1.54) is 6.07 Å². The Balaban J connectivity index is 3.18. The van der Waals surface area contributed by atoms with Gasteiger partial charge in [-0.2, -0.15) is 4.99 Å². The van der Waals surface area contributed by atoms with Gasteiger partial charge in [0.05, 0.1) is 0 Å². The van der Waals surface area contributed by atoms with Crippen molar-refractivity contribution >= 4 is 27.7 Å². The second-order valence-corrected chi connectivity index (χ2v) is 5.82. The molecular weight excluding hydrogens is 339 g/mol. The second-order valence-electron chi connectivity index (χ2n) is 4.90. The van der Waals surface area contributed by atoms with E-state index in [-0.39, 0.29) is 0 Å². The lowest BCUT2D eigenvalue weighted by atomic mass is 10.1. The summed E-state index contributed by atoms with van der Waals surface area (Å²) in [5, 5.41) is 0. The Kier molecular flexibility index (Phi) is 5.33. The van der Waals surface area contributed by atoms with Gasteiger partial charge in [0.1, 0.15) is 17.1 Å². The van der Waals surface area contributed by atoms with Gasteiger partial charge in [-0.05, 0) is 39.0 Å². The first-order chi connectivity index (χ1) is 9.10. The standard InChI is InChI=1S/C13H13BrF3NO2/c1-13(2,3)20-12(19)18-10(11(16)17)8-6-7(14)4-5-9(8)15/h4-6,11H,1-3H3. The molecule has 0 aliphatic heterocycles. The fraction of sp³-hybridized carbons (Fsp3) is 0.385. The number of benzene rings is 1. The number of hydrogen-bond acceptors (Lipinski definition) is 2. The normalized spacial score (nSPS) is 12.7. The first-order valence-corrected chi connectivity index (χ1v) is 6.44. The van der Waals surface area contributed by atoms with Crippen molar-refractivity contribution in [3.05, 3.63) is 34.1 Å². The van der Waals surface area contributed by atoms with E-state index < -0.39 is 35.2 Å². The number of hydrogen-bond donors (Lipinski definition) is 0. The molecule has 0 radical (unpaired) electrons. The topological polar surface area (TPSA) is 38.7 Å². The van der Waals surface area contributed by atoms with Gasteiger partial charge in [-0.25, -0.2) is 18.0 Å². The molecule has 1 aromatic carbocycles. The lowest BCUT2D eigenvalue weighted by Gasteiger charge is -2.18. The molecule has 20 heavy (non-hydrogen) atoms. The zero-order valence-corrected chi connectivity index (χ0v) is 12.7. The van der Waals surface area contributed by atoms with Gasteiger partial charge in [0.15, 0.2) is 0 Å². The third-order valence-corrected chi connectivity index (χ3v) is 2.51. The van der Waals surface area contributed by atoms with Crippen LogP contribution in [0, 0.1) is 5.82 Å². The fourth-order valence-electron chi connectivity index (χ4n) is 1.30. The Hall–Kier alpha value is -1.37. The fourth-order valence-corrected chi connectivity index (χ4v) is 1.66. The van der Waals surface area contributed by atoms with Crippen LogP contribution in [0.4, 0.5) is 18.0 Å². The summed E-state index contributed by atoms with van der Waals surface area (Å²) in [6, 6.07) is 3.49. The molecule has 3 nitrogen and oxygen atoms in total. The number of ether oxygens (including phenoxy) is 1. The van der Waals surface area contributed by atoms with Crippen LogP contribution < -0.4 is 0 Å². The molecule has 1 aromatic rings. The van der Waals surface area contributed by atoms with Gasteiger partial charge in [-0.15, -0.1) is 0 Å². The lowest BCUT2D eigenvalue weighted by Crippen LogP contribution is -2.24. The van der Waals surface area contributed by atoms with Gasteiger partial charge in [0.25, 0.3) is 6.43 Å². The van der Waals surface area contributed by atoms with E-state index in [1.54, 1.807) is 20.8 Å². The monoisotopic (exact) mass is 351 g/mol. The van der Waals surface area contributed by atoms with Crippen molar-refractivity contribution in [2.24, 2.45) is 4.99 Å². The van der Waals surface area contributed by atoms with Crippen LogP contribution in [0.15, 0.2) is 27.7 Å². The maximum Gasteiger partial charge on any atom is 0.434 e. The van der Waals surface area contributed by atoms with Crippen molar-refractivity contribution in [3.63, 3.8) is 0 Å². The highest BCUT2D eigenvalue weighted by atomic mass is 79.9. The Labute approximate surface area is 123 Å². The number of carbonyl (C=O) groups is 1. The van der Waals surface area contributed by atoms with Crippen LogP contribution in [-0.2, 0) is 4.74 Å². The molecule has 1 amide bonds. The average Bonchev–Trinajstić information content (AvgIpc) is 2.27. The molecule has 0 saturated heterocycles. The summed E-state index contributed by atoms with van der Waals surface area (Å²) in [6.45, 7) is 4.71. The third-order valence-electron chi connectivity index (χ3n) is 2.02. The van der Waals surface area contributed by atoms with E-state index in [4.69, 9.17) is 4.74 Å². The lowest BCUT2D eigenvalue weighted by molar-refractivity contribution is 0.0600. The van der Waals surface area contributed by atoms with E-state index >= 15 is 0 Å². The van der Waals surface area contributed by atoms with Crippen molar-refractivity contribution in [2.45, 2.75) is 32.8 Å². The summed E-state index contributed by atoms with van der Waals surface area (Å²) in [7, 11) is 0. The van der Waals surface area contributed by atoms with Crippen LogP contribution in [0.1, 0.15) is 26.3 Å². The minimum Gasteiger partial charge on any atom is -0.442 e. The second kappa shape index (κ2) is 6.39. The minimum absolute atomic E-state index is 0.395. The predicted molar refractivity (Wildman–Crippen MR) is 72.9 cm³/mol. The SMILES string of the molecule is CC(C)(C)OC(=O)N=C(c1cc(Br)ccc1F)C(F)F. The summed E-state index contributed by atoms with van der Waals surface area (Å²) in [5.74, 6) is -0.893. The van der Waals surface area contributed by atoms with Crippen molar-refractivity contribution in [2.75, 3.05) is 0 Å². The van der Waals surface area contributed by atoms with E-state index in [0.717, 1.165) is 12.1 Å². The highest BCUT2D eigenvalue weighted by Gasteiger charge is 2.23. The molecule has 0 aliphatic carbocycles. The van der Waals surface area contributed by atoms with E-state index in [2.05, 4.69) is 20.9 Å². The van der Waals surface area contributed by atoms with Gasteiger partial charge < -0.3 is 4.74 Å². The zero-order valence-electron chi connectivity index (χ0n) is 11.1. The summed E-state index contributed by atoms with van der Waals surface area (Å²) < 4.78 is 44.7. The number of halogens is 4. The van der Waals surface area contributed by atoms with Crippen LogP contribution in [0.2, 0.25) is 0 Å². The van der Waals surface area contributed by atoms with Crippen LogP contribution >= 0.6 is 15.9 Å². The van der Waals surface area contributed by atoms with E-state index in [0.29, 0.717) is 4.47 Å². The van der Waals surface area contributed by atoms with Crippen LogP contribution in [-0.4, -0.2) is 23.8 Å². The van der Waals surface area contributed by atoms with Crippen LogP contribution in [0.5, 0.6) is 0 Å². The highest BCUT2D eigenvalue weighted by molar-refractivity contribution is 9.10. The Morgan fingerprint density at radius 3 is 2.45 bits per heavy atom. The third kappa shape index (κ3) is 4.96. The predicted octanol–water partition coefficient (Wildman–Crippen LogP) is 4.58. The minimum atomic E-state index is -3.11. The summed E-state index contributed by atoms with van der Waals surface area (Å²) in [6.07, 6.45) is -4.29. The largest absolute Gasteiger partial charge is 0.442 e. The number of rotatable bonds is 2. The summed E-state index contributed by atoms with van der Waals surface area (Å²) >= 11 is 3.05. The van der Waals surface area contributed by atoms with Crippen molar-refractivity contribution in [3.8, 4) is 0 Å². The molecule has 0 unspecified atom stereocenters. The molecule has 0 atom stereocenters. The molecule has 0 heterocycles. The van der Waals surface area contributed by atoms with Crippen molar-refractivity contribution in [1.82, 2.24) is 0 Å². The molecule has 0 saturated carbocycles. The molecule has 0 aromatic heterocycles. The molecule has 0 N–H and O–H groups in total. The number of amides is 1. The molecule has 0 fully saturated rings. The van der Waals surface area contributed by atoms with E-state index in [9.17, 15) is 18.0 Å².